The molecule has 1 aliphatic carbocycles. The highest BCUT2D eigenvalue weighted by atomic mass is 16.6. The Morgan fingerprint density at radius 3 is 2.20 bits per heavy atom. The Morgan fingerprint density at radius 2 is 1.80 bits per heavy atom. The Labute approximate surface area is 118 Å². The molecule has 1 heterocycles. The van der Waals surface area contributed by atoms with Gasteiger partial charge < -0.3 is 14.9 Å². The standard InChI is InChI=1S/C13H20O.C2H2O4/c1-5-6-7-13-11(3)8-10(2)9-12(13,4)14-13;3-1(4)2(5)6/h8-9H,5-7H2,1-4H3;(H,3,4)(H,5,6). The van der Waals surface area contributed by atoms with E-state index in [0.29, 0.717) is 0 Å². The van der Waals surface area contributed by atoms with Crippen LogP contribution in [-0.2, 0) is 14.3 Å². The van der Waals surface area contributed by atoms with E-state index >= 15 is 0 Å². The molecule has 112 valence electrons. The van der Waals surface area contributed by atoms with Crippen molar-refractivity contribution in [3.05, 3.63) is 23.3 Å². The van der Waals surface area contributed by atoms with Crippen LogP contribution in [0.5, 0.6) is 0 Å². The van der Waals surface area contributed by atoms with E-state index in [1.54, 1.807) is 0 Å². The smallest absolute Gasteiger partial charge is 0.414 e. The Kier molecular flexibility index (Phi) is 4.76. The quantitative estimate of drug-likeness (QED) is 0.614. The van der Waals surface area contributed by atoms with Crippen molar-refractivity contribution >= 4 is 11.9 Å². The molecule has 0 aromatic carbocycles. The van der Waals surface area contributed by atoms with E-state index in [4.69, 9.17) is 24.5 Å². The zero-order valence-electron chi connectivity index (χ0n) is 12.4. The van der Waals surface area contributed by atoms with Crippen LogP contribution in [0.3, 0.4) is 0 Å². The number of carboxylic acid groups (broad SMARTS) is 2. The van der Waals surface area contributed by atoms with Crippen LogP contribution in [-0.4, -0.2) is 33.4 Å². The average molecular weight is 282 g/mol. The fourth-order valence-corrected chi connectivity index (χ4v) is 2.81. The van der Waals surface area contributed by atoms with Gasteiger partial charge in [-0.1, -0.05) is 31.4 Å². The predicted molar refractivity (Wildman–Crippen MR) is 74.5 cm³/mol. The van der Waals surface area contributed by atoms with Gasteiger partial charge in [0.25, 0.3) is 0 Å². The third kappa shape index (κ3) is 3.10. The number of carboxylic acids is 2. The third-order valence-electron chi connectivity index (χ3n) is 3.80. The zero-order chi connectivity index (χ0) is 15.6. The maximum Gasteiger partial charge on any atom is 0.414 e. The van der Waals surface area contributed by atoms with E-state index in [2.05, 4.69) is 39.8 Å². The number of hydrogen-bond donors (Lipinski definition) is 2. The number of unbranched alkanes of at least 4 members (excludes halogenated alkanes) is 1. The maximum absolute atomic E-state index is 9.10. The first-order chi connectivity index (χ1) is 9.18. The Bertz CT molecular complexity index is 465. The van der Waals surface area contributed by atoms with Crippen LogP contribution in [0, 0.1) is 0 Å². The molecule has 0 bridgehead atoms. The van der Waals surface area contributed by atoms with Gasteiger partial charge >= 0.3 is 11.9 Å². The molecule has 2 atom stereocenters. The van der Waals surface area contributed by atoms with Crippen LogP contribution in [0.1, 0.15) is 47.0 Å². The van der Waals surface area contributed by atoms with Gasteiger partial charge in [-0.3, -0.25) is 0 Å². The molecule has 1 aliphatic heterocycles. The van der Waals surface area contributed by atoms with Gasteiger partial charge in [0.2, 0.25) is 0 Å². The molecule has 2 rings (SSSR count). The second-order valence-corrected chi connectivity index (χ2v) is 5.47. The minimum atomic E-state index is -1.82. The van der Waals surface area contributed by atoms with E-state index < -0.39 is 11.9 Å². The molecule has 20 heavy (non-hydrogen) atoms. The molecule has 0 amide bonds. The molecule has 1 fully saturated rings. The van der Waals surface area contributed by atoms with Crippen molar-refractivity contribution in [2.75, 3.05) is 0 Å². The molecule has 2 N–H and O–H groups in total. The molecule has 2 unspecified atom stereocenters. The lowest BCUT2D eigenvalue weighted by Crippen LogP contribution is -2.26. The highest BCUT2D eigenvalue weighted by Gasteiger charge is 2.66. The summed E-state index contributed by atoms with van der Waals surface area (Å²) in [7, 11) is 0. The molecule has 0 radical (unpaired) electrons. The molecule has 5 heteroatoms. The first kappa shape index (κ1) is 16.4. The summed E-state index contributed by atoms with van der Waals surface area (Å²) < 4.78 is 5.99. The van der Waals surface area contributed by atoms with Gasteiger partial charge in [-0.2, -0.15) is 0 Å². The van der Waals surface area contributed by atoms with Crippen molar-refractivity contribution in [3.63, 3.8) is 0 Å². The van der Waals surface area contributed by atoms with Crippen LogP contribution >= 0.6 is 0 Å². The van der Waals surface area contributed by atoms with E-state index in [1.807, 2.05) is 0 Å². The topological polar surface area (TPSA) is 87.1 Å². The minimum Gasteiger partial charge on any atom is -0.473 e. The van der Waals surface area contributed by atoms with Crippen LogP contribution in [0.2, 0.25) is 0 Å². The van der Waals surface area contributed by atoms with Gasteiger partial charge in [0.05, 0.1) is 0 Å². The fourth-order valence-electron chi connectivity index (χ4n) is 2.81. The highest BCUT2D eigenvalue weighted by Crippen LogP contribution is 2.59. The van der Waals surface area contributed by atoms with Crippen LogP contribution < -0.4 is 0 Å². The SMILES string of the molecule is CCCCC12OC1(C)C=C(C)C=C2C.O=C(O)C(=O)O. The van der Waals surface area contributed by atoms with Crippen molar-refractivity contribution in [1.29, 1.82) is 0 Å². The summed E-state index contributed by atoms with van der Waals surface area (Å²) in [6, 6.07) is 0. The lowest BCUT2D eigenvalue weighted by molar-refractivity contribution is -0.159. The third-order valence-corrected chi connectivity index (χ3v) is 3.80. The van der Waals surface area contributed by atoms with Crippen LogP contribution in [0.15, 0.2) is 23.3 Å². The number of rotatable bonds is 3. The van der Waals surface area contributed by atoms with Crippen molar-refractivity contribution in [2.24, 2.45) is 0 Å². The Balaban J connectivity index is 0.000000286. The first-order valence-corrected chi connectivity index (χ1v) is 6.73. The van der Waals surface area contributed by atoms with Gasteiger partial charge in [0, 0.05) is 0 Å². The predicted octanol–water partition coefficient (Wildman–Crippen LogP) is 2.77. The average Bonchev–Trinajstić information content (AvgIpc) is 2.93. The van der Waals surface area contributed by atoms with Gasteiger partial charge in [0.1, 0.15) is 11.2 Å². The van der Waals surface area contributed by atoms with Crippen molar-refractivity contribution in [2.45, 2.75) is 58.2 Å². The zero-order valence-corrected chi connectivity index (χ0v) is 12.4. The maximum atomic E-state index is 9.10. The van der Waals surface area contributed by atoms with Crippen molar-refractivity contribution < 1.29 is 24.5 Å². The van der Waals surface area contributed by atoms with Crippen molar-refractivity contribution in [1.82, 2.24) is 0 Å². The van der Waals surface area contributed by atoms with E-state index in [0.717, 1.165) is 0 Å². The second-order valence-electron chi connectivity index (χ2n) is 5.47. The Hall–Kier alpha value is -1.62. The van der Waals surface area contributed by atoms with Crippen LogP contribution in [0.25, 0.3) is 0 Å². The second kappa shape index (κ2) is 5.79. The number of fused-ring (bicyclic) bond motifs is 1. The van der Waals surface area contributed by atoms with Gasteiger partial charge in [-0.15, -0.1) is 0 Å². The number of allylic oxidation sites excluding steroid dienone is 2. The molecule has 0 aromatic heterocycles. The van der Waals surface area contributed by atoms with Gasteiger partial charge in [0.15, 0.2) is 0 Å². The normalized spacial score (nSPS) is 30.2. The van der Waals surface area contributed by atoms with Gasteiger partial charge in [-0.25, -0.2) is 9.59 Å². The highest BCUT2D eigenvalue weighted by molar-refractivity contribution is 6.27. The molecule has 5 nitrogen and oxygen atoms in total. The summed E-state index contributed by atoms with van der Waals surface area (Å²) in [4.78, 5) is 18.2. The molecule has 0 aromatic rings. The fraction of sp³-hybridized carbons (Fsp3) is 0.600. The number of hydrogen-bond acceptors (Lipinski definition) is 3. The number of carbonyl (C=O) groups is 2. The molecule has 0 spiro atoms. The summed E-state index contributed by atoms with van der Waals surface area (Å²) >= 11 is 0. The van der Waals surface area contributed by atoms with Gasteiger partial charge in [-0.05, 0) is 38.8 Å². The Morgan fingerprint density at radius 1 is 1.25 bits per heavy atom. The summed E-state index contributed by atoms with van der Waals surface area (Å²) in [6.07, 6.45) is 8.22. The number of ether oxygens (including phenoxy) is 1. The van der Waals surface area contributed by atoms with E-state index in [-0.39, 0.29) is 11.2 Å². The molecular formula is C15H22O5. The molecular weight excluding hydrogens is 260 g/mol. The summed E-state index contributed by atoms with van der Waals surface area (Å²) in [5.41, 5.74) is 2.82. The monoisotopic (exact) mass is 282 g/mol. The molecule has 2 aliphatic rings. The minimum absolute atomic E-state index is 0.00505. The van der Waals surface area contributed by atoms with Crippen molar-refractivity contribution in [3.8, 4) is 0 Å². The first-order valence-electron chi connectivity index (χ1n) is 6.73. The number of aliphatic carboxylic acids is 2. The summed E-state index contributed by atoms with van der Waals surface area (Å²) in [6.45, 7) is 8.81. The molecule has 1 saturated heterocycles. The lowest BCUT2D eigenvalue weighted by Gasteiger charge is -2.20. The summed E-state index contributed by atoms with van der Waals surface area (Å²) in [5, 5.41) is 14.8. The molecule has 0 saturated carbocycles. The van der Waals surface area contributed by atoms with Crippen LogP contribution in [0.4, 0.5) is 0 Å². The largest absolute Gasteiger partial charge is 0.473 e. The summed E-state index contributed by atoms with van der Waals surface area (Å²) in [5.74, 6) is -3.65. The lowest BCUT2D eigenvalue weighted by atomic mass is 9.79. The number of epoxide rings is 1. The van der Waals surface area contributed by atoms with E-state index in [9.17, 15) is 0 Å². The van der Waals surface area contributed by atoms with E-state index in [1.165, 1.54) is 30.4 Å².